The molecule has 4 nitrogen and oxygen atoms in total. The van der Waals surface area contributed by atoms with E-state index in [1.165, 1.54) is 6.20 Å². The van der Waals surface area contributed by atoms with Gasteiger partial charge < -0.3 is 4.74 Å². The fourth-order valence-corrected chi connectivity index (χ4v) is 2.93. The molecule has 0 bridgehead atoms. The van der Waals surface area contributed by atoms with Crippen molar-refractivity contribution in [2.75, 3.05) is 0 Å². The van der Waals surface area contributed by atoms with Crippen LogP contribution in [0.25, 0.3) is 11.4 Å². The molecule has 3 rings (SSSR count). The maximum atomic E-state index is 13.5. The topological polar surface area (TPSA) is 52.1 Å². The number of carbonyl (C=O) groups is 1. The van der Waals surface area contributed by atoms with Crippen LogP contribution >= 0.6 is 0 Å². The number of nitrogens with zero attached hydrogens (tertiary/aromatic N) is 2. The number of ether oxygens (including phenoxy) is 1. The molecule has 1 heterocycles. The van der Waals surface area contributed by atoms with E-state index in [9.17, 15) is 9.18 Å². The SMILES string of the molecule is Cc1cnc(-c2ccc(OC(=O)C3CCC(C)CC3)cc2)nc1F. The largest absolute Gasteiger partial charge is 0.426 e. The quantitative estimate of drug-likeness (QED) is 0.478. The fourth-order valence-electron chi connectivity index (χ4n) is 2.93. The second-order valence-electron chi connectivity index (χ2n) is 6.57. The molecule has 5 heteroatoms. The Hall–Kier alpha value is -2.30. The van der Waals surface area contributed by atoms with Gasteiger partial charge in [0.2, 0.25) is 5.95 Å². The van der Waals surface area contributed by atoms with Crippen LogP contribution in [0.4, 0.5) is 4.39 Å². The molecule has 1 aliphatic carbocycles. The van der Waals surface area contributed by atoms with Crippen LogP contribution in [0.5, 0.6) is 5.75 Å². The second kappa shape index (κ2) is 7.07. The normalized spacial score (nSPS) is 20.6. The molecule has 0 saturated heterocycles. The molecule has 1 aromatic carbocycles. The van der Waals surface area contributed by atoms with Crippen LogP contribution in [-0.2, 0) is 4.79 Å². The average molecular weight is 328 g/mol. The summed E-state index contributed by atoms with van der Waals surface area (Å²) >= 11 is 0. The lowest BCUT2D eigenvalue weighted by molar-refractivity contribution is -0.140. The van der Waals surface area contributed by atoms with Gasteiger partial charge in [-0.25, -0.2) is 4.98 Å². The van der Waals surface area contributed by atoms with Gasteiger partial charge in [-0.2, -0.15) is 9.37 Å². The Morgan fingerprint density at radius 2 is 1.83 bits per heavy atom. The van der Waals surface area contributed by atoms with Gasteiger partial charge in [-0.3, -0.25) is 4.79 Å². The molecule has 1 fully saturated rings. The molecule has 0 radical (unpaired) electrons. The Morgan fingerprint density at radius 1 is 1.17 bits per heavy atom. The van der Waals surface area contributed by atoms with E-state index in [-0.39, 0.29) is 11.9 Å². The molecule has 0 unspecified atom stereocenters. The van der Waals surface area contributed by atoms with Crippen LogP contribution in [0.15, 0.2) is 30.5 Å². The zero-order valence-corrected chi connectivity index (χ0v) is 14.0. The summed E-state index contributed by atoms with van der Waals surface area (Å²) in [5, 5.41) is 0. The number of halogens is 1. The lowest BCUT2D eigenvalue weighted by Gasteiger charge is -2.24. The maximum Gasteiger partial charge on any atom is 0.314 e. The van der Waals surface area contributed by atoms with Gasteiger partial charge >= 0.3 is 5.97 Å². The van der Waals surface area contributed by atoms with Crippen molar-refractivity contribution < 1.29 is 13.9 Å². The van der Waals surface area contributed by atoms with Gasteiger partial charge in [-0.05, 0) is 62.8 Å². The zero-order valence-electron chi connectivity index (χ0n) is 14.0. The number of hydrogen-bond acceptors (Lipinski definition) is 4. The van der Waals surface area contributed by atoms with Crippen molar-refractivity contribution in [1.82, 2.24) is 9.97 Å². The number of aryl methyl sites for hydroxylation is 1. The fraction of sp³-hybridized carbons (Fsp3) is 0.421. The molecule has 1 aliphatic rings. The summed E-state index contributed by atoms with van der Waals surface area (Å²) < 4.78 is 19.0. The zero-order chi connectivity index (χ0) is 17.1. The van der Waals surface area contributed by atoms with Crippen LogP contribution in [0, 0.1) is 24.7 Å². The molecule has 0 aliphatic heterocycles. The summed E-state index contributed by atoms with van der Waals surface area (Å²) in [5.74, 6) is 0.820. The molecule has 2 aromatic rings. The Balaban J connectivity index is 1.66. The van der Waals surface area contributed by atoms with E-state index < -0.39 is 5.95 Å². The first-order chi connectivity index (χ1) is 11.5. The number of hydrogen-bond donors (Lipinski definition) is 0. The van der Waals surface area contributed by atoms with Crippen molar-refractivity contribution in [3.8, 4) is 17.1 Å². The molecule has 0 N–H and O–H groups in total. The molecule has 0 amide bonds. The molecule has 24 heavy (non-hydrogen) atoms. The molecule has 0 spiro atoms. The van der Waals surface area contributed by atoms with E-state index in [2.05, 4.69) is 16.9 Å². The molecule has 1 saturated carbocycles. The number of carbonyl (C=O) groups excluding carboxylic acids is 1. The van der Waals surface area contributed by atoms with Gasteiger partial charge in [-0.1, -0.05) is 6.92 Å². The monoisotopic (exact) mass is 328 g/mol. The molecule has 126 valence electrons. The molecule has 0 atom stereocenters. The highest BCUT2D eigenvalue weighted by Gasteiger charge is 2.25. The highest BCUT2D eigenvalue weighted by Crippen LogP contribution is 2.30. The smallest absolute Gasteiger partial charge is 0.314 e. The van der Waals surface area contributed by atoms with Gasteiger partial charge in [0.25, 0.3) is 0 Å². The van der Waals surface area contributed by atoms with Crippen LogP contribution in [0.3, 0.4) is 0 Å². The highest BCUT2D eigenvalue weighted by molar-refractivity contribution is 5.75. The highest BCUT2D eigenvalue weighted by atomic mass is 19.1. The van der Waals surface area contributed by atoms with Gasteiger partial charge in [0.15, 0.2) is 5.82 Å². The average Bonchev–Trinajstić information content (AvgIpc) is 2.58. The van der Waals surface area contributed by atoms with Crippen LogP contribution < -0.4 is 4.74 Å². The first-order valence-electron chi connectivity index (χ1n) is 8.34. The van der Waals surface area contributed by atoms with E-state index in [0.29, 0.717) is 28.6 Å². The standard InChI is InChI=1S/C19H21FN2O2/c1-12-3-5-15(6-4-12)19(23)24-16-9-7-14(8-10-16)18-21-11-13(2)17(20)22-18/h7-12,15H,3-6H2,1-2H3. The minimum absolute atomic E-state index is 0.00426. The summed E-state index contributed by atoms with van der Waals surface area (Å²) in [6.45, 7) is 3.84. The summed E-state index contributed by atoms with van der Waals surface area (Å²) in [4.78, 5) is 20.2. The van der Waals surface area contributed by atoms with Crippen molar-refractivity contribution in [2.24, 2.45) is 11.8 Å². The first-order valence-corrected chi connectivity index (χ1v) is 8.34. The van der Waals surface area contributed by atoms with Crippen LogP contribution in [0.1, 0.15) is 38.2 Å². The lowest BCUT2D eigenvalue weighted by Crippen LogP contribution is -2.24. The molecular formula is C19H21FN2O2. The Labute approximate surface area is 141 Å². The summed E-state index contributed by atoms with van der Waals surface area (Å²) in [6, 6.07) is 6.85. The third kappa shape index (κ3) is 3.78. The van der Waals surface area contributed by atoms with Crippen molar-refractivity contribution >= 4 is 5.97 Å². The third-order valence-electron chi connectivity index (χ3n) is 4.59. The predicted molar refractivity (Wildman–Crippen MR) is 88.9 cm³/mol. The van der Waals surface area contributed by atoms with Gasteiger partial charge in [0.1, 0.15) is 5.75 Å². The Morgan fingerprint density at radius 3 is 2.46 bits per heavy atom. The number of esters is 1. The van der Waals surface area contributed by atoms with E-state index >= 15 is 0 Å². The van der Waals surface area contributed by atoms with Crippen molar-refractivity contribution in [2.45, 2.75) is 39.5 Å². The van der Waals surface area contributed by atoms with Crippen molar-refractivity contribution in [3.63, 3.8) is 0 Å². The summed E-state index contributed by atoms with van der Waals surface area (Å²) in [6.07, 6.45) is 5.41. The predicted octanol–water partition coefficient (Wildman–Crippen LogP) is 4.32. The Kier molecular flexibility index (Phi) is 4.88. The van der Waals surface area contributed by atoms with Crippen molar-refractivity contribution in [1.29, 1.82) is 0 Å². The first kappa shape index (κ1) is 16.6. The minimum Gasteiger partial charge on any atom is -0.426 e. The van der Waals surface area contributed by atoms with E-state index in [1.807, 2.05) is 0 Å². The second-order valence-corrected chi connectivity index (χ2v) is 6.57. The van der Waals surface area contributed by atoms with E-state index in [1.54, 1.807) is 31.2 Å². The third-order valence-corrected chi connectivity index (χ3v) is 4.59. The number of benzene rings is 1. The molecule has 1 aromatic heterocycles. The minimum atomic E-state index is -0.526. The maximum absolute atomic E-state index is 13.5. The molecular weight excluding hydrogens is 307 g/mol. The van der Waals surface area contributed by atoms with Gasteiger partial charge in [0.05, 0.1) is 5.92 Å². The van der Waals surface area contributed by atoms with Gasteiger partial charge in [0, 0.05) is 17.3 Å². The number of aromatic nitrogens is 2. The summed E-state index contributed by atoms with van der Waals surface area (Å²) in [5.41, 5.74) is 1.09. The summed E-state index contributed by atoms with van der Waals surface area (Å²) in [7, 11) is 0. The van der Waals surface area contributed by atoms with Crippen molar-refractivity contribution in [3.05, 3.63) is 42.0 Å². The van der Waals surface area contributed by atoms with Gasteiger partial charge in [-0.15, -0.1) is 0 Å². The van der Waals surface area contributed by atoms with Crippen LogP contribution in [-0.4, -0.2) is 15.9 Å². The Bertz CT molecular complexity index is 723. The lowest BCUT2D eigenvalue weighted by atomic mass is 9.83. The van der Waals surface area contributed by atoms with Crippen LogP contribution in [0.2, 0.25) is 0 Å². The van der Waals surface area contributed by atoms with E-state index in [4.69, 9.17) is 4.74 Å². The number of rotatable bonds is 3. The van der Waals surface area contributed by atoms with E-state index in [0.717, 1.165) is 25.7 Å².